The van der Waals surface area contributed by atoms with Crippen LogP contribution >= 0.6 is 11.3 Å². The van der Waals surface area contributed by atoms with Gasteiger partial charge in [0, 0.05) is 17.5 Å². The largest absolute Gasteiger partial charge is 0.327 e. The molecule has 0 unspecified atom stereocenters. The second-order valence-electron chi connectivity index (χ2n) is 3.51. The zero-order valence-electron chi connectivity index (χ0n) is 8.77. The third kappa shape index (κ3) is 3.14. The molecular formula is C10H14N2O2S. The summed E-state index contributed by atoms with van der Waals surface area (Å²) in [4.78, 5) is 11.0. The van der Waals surface area contributed by atoms with Crippen molar-refractivity contribution in [3.05, 3.63) is 32.7 Å². The first-order chi connectivity index (χ1) is 7.04. The van der Waals surface area contributed by atoms with Gasteiger partial charge < -0.3 is 5.73 Å². The highest BCUT2D eigenvalue weighted by Gasteiger charge is 2.09. The van der Waals surface area contributed by atoms with Crippen molar-refractivity contribution in [2.75, 3.05) is 6.54 Å². The Morgan fingerprint density at radius 2 is 2.33 bits per heavy atom. The molecule has 4 nitrogen and oxygen atoms in total. The summed E-state index contributed by atoms with van der Waals surface area (Å²) in [6.07, 6.45) is 1.93. The predicted octanol–water partition coefficient (Wildman–Crippen LogP) is 2.65. The van der Waals surface area contributed by atoms with Crippen molar-refractivity contribution in [3.8, 4) is 0 Å². The molecule has 0 spiro atoms. The molecule has 0 fully saturated rings. The van der Waals surface area contributed by atoms with E-state index in [1.54, 1.807) is 6.07 Å². The highest BCUT2D eigenvalue weighted by molar-refractivity contribution is 7.16. The van der Waals surface area contributed by atoms with E-state index in [9.17, 15) is 10.1 Å². The SMILES string of the molecule is CC(C)/C(=C/c1ccc([N+](=O)[O-])s1)CN. The highest BCUT2D eigenvalue weighted by Crippen LogP contribution is 2.26. The summed E-state index contributed by atoms with van der Waals surface area (Å²) in [5.41, 5.74) is 6.69. The number of nitrogens with two attached hydrogens (primary N) is 1. The van der Waals surface area contributed by atoms with Gasteiger partial charge in [-0.05, 0) is 18.1 Å². The van der Waals surface area contributed by atoms with Crippen LogP contribution in [0.4, 0.5) is 5.00 Å². The Morgan fingerprint density at radius 3 is 2.73 bits per heavy atom. The summed E-state index contributed by atoms with van der Waals surface area (Å²) in [5, 5.41) is 10.6. The van der Waals surface area contributed by atoms with Crippen LogP contribution in [-0.2, 0) is 0 Å². The number of hydrogen-bond acceptors (Lipinski definition) is 4. The van der Waals surface area contributed by atoms with Gasteiger partial charge in [0.25, 0.3) is 0 Å². The fourth-order valence-corrected chi connectivity index (χ4v) is 1.96. The van der Waals surface area contributed by atoms with Crippen LogP contribution in [0.15, 0.2) is 17.7 Å². The van der Waals surface area contributed by atoms with Gasteiger partial charge in [-0.15, -0.1) is 0 Å². The summed E-state index contributed by atoms with van der Waals surface area (Å²) in [7, 11) is 0. The van der Waals surface area contributed by atoms with Crippen molar-refractivity contribution in [3.63, 3.8) is 0 Å². The molecule has 0 aromatic carbocycles. The van der Waals surface area contributed by atoms with Crippen molar-refractivity contribution in [2.24, 2.45) is 11.7 Å². The quantitative estimate of drug-likeness (QED) is 0.633. The van der Waals surface area contributed by atoms with Gasteiger partial charge in [0.05, 0.1) is 4.92 Å². The average molecular weight is 226 g/mol. The Kier molecular flexibility index (Phi) is 3.99. The molecule has 0 aliphatic heterocycles. The lowest BCUT2D eigenvalue weighted by molar-refractivity contribution is -0.380. The fourth-order valence-electron chi connectivity index (χ4n) is 1.16. The summed E-state index contributed by atoms with van der Waals surface area (Å²) in [6.45, 7) is 4.60. The zero-order chi connectivity index (χ0) is 11.4. The van der Waals surface area contributed by atoms with Crippen LogP contribution in [0.25, 0.3) is 6.08 Å². The number of rotatable bonds is 4. The van der Waals surface area contributed by atoms with Gasteiger partial charge in [0.2, 0.25) is 0 Å². The highest BCUT2D eigenvalue weighted by atomic mass is 32.1. The van der Waals surface area contributed by atoms with Crippen molar-refractivity contribution in [2.45, 2.75) is 13.8 Å². The Labute approximate surface area is 92.6 Å². The number of nitrogens with zero attached hydrogens (tertiary/aromatic N) is 1. The van der Waals surface area contributed by atoms with Crippen LogP contribution in [0.5, 0.6) is 0 Å². The van der Waals surface area contributed by atoms with E-state index in [1.165, 1.54) is 17.4 Å². The van der Waals surface area contributed by atoms with E-state index in [4.69, 9.17) is 5.73 Å². The van der Waals surface area contributed by atoms with Gasteiger partial charge in [-0.1, -0.05) is 30.8 Å². The van der Waals surface area contributed by atoms with Crippen molar-refractivity contribution < 1.29 is 4.92 Å². The van der Waals surface area contributed by atoms with Crippen LogP contribution < -0.4 is 5.73 Å². The third-order valence-electron chi connectivity index (χ3n) is 2.10. The molecule has 1 aromatic heterocycles. The first-order valence-electron chi connectivity index (χ1n) is 4.69. The normalized spacial score (nSPS) is 12.1. The average Bonchev–Trinajstić information content (AvgIpc) is 2.61. The Hall–Kier alpha value is -1.20. The van der Waals surface area contributed by atoms with E-state index < -0.39 is 0 Å². The molecule has 0 aliphatic carbocycles. The van der Waals surface area contributed by atoms with Gasteiger partial charge in [0.15, 0.2) is 0 Å². The fraction of sp³-hybridized carbons (Fsp3) is 0.400. The van der Waals surface area contributed by atoms with E-state index in [1.807, 2.05) is 6.08 Å². The molecule has 1 heterocycles. The van der Waals surface area contributed by atoms with E-state index in [-0.39, 0.29) is 9.92 Å². The lowest BCUT2D eigenvalue weighted by Gasteiger charge is -2.06. The van der Waals surface area contributed by atoms with Crippen molar-refractivity contribution in [1.82, 2.24) is 0 Å². The molecule has 5 heteroatoms. The molecule has 2 N–H and O–H groups in total. The minimum Gasteiger partial charge on any atom is -0.327 e. The zero-order valence-corrected chi connectivity index (χ0v) is 9.58. The second kappa shape index (κ2) is 5.04. The summed E-state index contributed by atoms with van der Waals surface area (Å²) < 4.78 is 0. The van der Waals surface area contributed by atoms with Crippen LogP contribution in [-0.4, -0.2) is 11.5 Å². The Bertz CT molecular complexity index is 383. The van der Waals surface area contributed by atoms with E-state index >= 15 is 0 Å². The summed E-state index contributed by atoms with van der Waals surface area (Å²) >= 11 is 1.17. The van der Waals surface area contributed by atoms with Crippen molar-refractivity contribution >= 4 is 22.4 Å². The molecule has 1 rings (SSSR count). The first-order valence-corrected chi connectivity index (χ1v) is 5.51. The molecule has 0 aliphatic rings. The molecule has 1 aromatic rings. The lowest BCUT2D eigenvalue weighted by Crippen LogP contribution is -2.07. The molecule has 0 bridgehead atoms. The van der Waals surface area contributed by atoms with Crippen LogP contribution in [0.3, 0.4) is 0 Å². The number of hydrogen-bond donors (Lipinski definition) is 1. The van der Waals surface area contributed by atoms with Crippen molar-refractivity contribution in [1.29, 1.82) is 0 Å². The van der Waals surface area contributed by atoms with E-state index in [0.29, 0.717) is 12.5 Å². The molecule has 0 saturated heterocycles. The standard InChI is InChI=1S/C10H14N2O2S/c1-7(2)8(6-11)5-9-3-4-10(15-9)12(13)14/h3-5,7H,6,11H2,1-2H3/b8-5+. The summed E-state index contributed by atoms with van der Waals surface area (Å²) in [5.74, 6) is 0.371. The number of thiophene rings is 1. The molecule has 0 radical (unpaired) electrons. The molecule has 0 amide bonds. The maximum absolute atomic E-state index is 10.5. The summed E-state index contributed by atoms with van der Waals surface area (Å²) in [6, 6.07) is 3.27. The van der Waals surface area contributed by atoms with E-state index in [2.05, 4.69) is 13.8 Å². The minimum absolute atomic E-state index is 0.168. The Morgan fingerprint density at radius 1 is 1.67 bits per heavy atom. The molecule has 15 heavy (non-hydrogen) atoms. The lowest BCUT2D eigenvalue weighted by atomic mass is 10.0. The van der Waals surface area contributed by atoms with Gasteiger partial charge >= 0.3 is 5.00 Å². The first kappa shape index (κ1) is 11.9. The minimum atomic E-state index is -0.375. The van der Waals surface area contributed by atoms with Gasteiger partial charge in [-0.25, -0.2) is 0 Å². The predicted molar refractivity (Wildman–Crippen MR) is 62.8 cm³/mol. The van der Waals surface area contributed by atoms with Gasteiger partial charge in [-0.3, -0.25) is 10.1 Å². The molecule has 0 atom stereocenters. The van der Waals surface area contributed by atoms with Crippen LogP contribution in [0, 0.1) is 16.0 Å². The van der Waals surface area contributed by atoms with Crippen LogP contribution in [0.2, 0.25) is 0 Å². The van der Waals surface area contributed by atoms with Gasteiger partial charge in [0.1, 0.15) is 0 Å². The third-order valence-corrected chi connectivity index (χ3v) is 3.08. The number of nitro groups is 1. The molecule has 0 saturated carbocycles. The molecule has 82 valence electrons. The smallest absolute Gasteiger partial charge is 0.324 e. The van der Waals surface area contributed by atoms with E-state index in [0.717, 1.165) is 10.5 Å². The second-order valence-corrected chi connectivity index (χ2v) is 4.60. The maximum atomic E-state index is 10.5. The monoisotopic (exact) mass is 226 g/mol. The Balaban J connectivity index is 2.92. The maximum Gasteiger partial charge on any atom is 0.324 e. The van der Waals surface area contributed by atoms with Gasteiger partial charge in [-0.2, -0.15) is 0 Å². The topological polar surface area (TPSA) is 69.2 Å². The molecular weight excluding hydrogens is 212 g/mol. The van der Waals surface area contributed by atoms with Crippen LogP contribution in [0.1, 0.15) is 18.7 Å².